The summed E-state index contributed by atoms with van der Waals surface area (Å²) in [4.78, 5) is 15.5. The number of aryl methyl sites for hydroxylation is 1. The molecule has 0 aliphatic heterocycles. The van der Waals surface area contributed by atoms with E-state index in [1.807, 2.05) is 31.2 Å². The zero-order chi connectivity index (χ0) is 15.7. The molecule has 0 saturated heterocycles. The summed E-state index contributed by atoms with van der Waals surface area (Å²) in [6.45, 7) is 2.48. The molecule has 0 aliphatic rings. The quantitative estimate of drug-likeness (QED) is 0.801. The number of rotatable bonds is 4. The molecule has 1 aromatic carbocycles. The Hall–Kier alpha value is -2.89. The molecule has 2 aromatic heterocycles. The first-order valence-corrected chi connectivity index (χ1v) is 6.90. The number of carboxylic acid groups (broad SMARTS) is 1. The Morgan fingerprint density at radius 2 is 2.18 bits per heavy atom. The van der Waals surface area contributed by atoms with Crippen molar-refractivity contribution < 1.29 is 14.6 Å². The zero-order valence-corrected chi connectivity index (χ0v) is 12.3. The number of benzene rings is 1. The van der Waals surface area contributed by atoms with Gasteiger partial charge in [-0.25, -0.2) is 4.79 Å². The fraction of sp³-hybridized carbons (Fsp3) is 0.188. The molecule has 0 unspecified atom stereocenters. The van der Waals surface area contributed by atoms with E-state index in [0.717, 1.165) is 22.2 Å². The van der Waals surface area contributed by atoms with Gasteiger partial charge >= 0.3 is 5.97 Å². The first-order valence-electron chi connectivity index (χ1n) is 6.90. The van der Waals surface area contributed by atoms with Crippen molar-refractivity contribution in [2.45, 2.75) is 6.92 Å². The van der Waals surface area contributed by atoms with Gasteiger partial charge in [0.25, 0.3) is 0 Å². The molecule has 22 heavy (non-hydrogen) atoms. The fourth-order valence-corrected chi connectivity index (χ4v) is 2.47. The summed E-state index contributed by atoms with van der Waals surface area (Å²) in [6.07, 6.45) is 1.71. The largest absolute Gasteiger partial charge is 0.492 e. The van der Waals surface area contributed by atoms with E-state index in [-0.39, 0.29) is 5.69 Å². The van der Waals surface area contributed by atoms with Crippen LogP contribution < -0.4 is 4.74 Å². The number of pyridine rings is 1. The van der Waals surface area contributed by atoms with E-state index in [4.69, 9.17) is 9.84 Å². The second-order valence-corrected chi connectivity index (χ2v) is 4.79. The molecule has 3 rings (SSSR count). The topological polar surface area (TPSA) is 77.2 Å². The van der Waals surface area contributed by atoms with Crippen molar-refractivity contribution >= 4 is 16.9 Å². The van der Waals surface area contributed by atoms with Gasteiger partial charge in [0.15, 0.2) is 5.69 Å². The Morgan fingerprint density at radius 3 is 2.86 bits per heavy atom. The Bertz CT molecular complexity index is 855. The van der Waals surface area contributed by atoms with Gasteiger partial charge in [-0.15, -0.1) is 0 Å². The lowest BCUT2D eigenvalue weighted by Gasteiger charge is -2.10. The number of aromatic nitrogens is 3. The van der Waals surface area contributed by atoms with Crippen molar-refractivity contribution in [3.63, 3.8) is 0 Å². The summed E-state index contributed by atoms with van der Waals surface area (Å²) in [5, 5.41) is 14.0. The van der Waals surface area contributed by atoms with Gasteiger partial charge in [-0.05, 0) is 31.2 Å². The molecule has 0 amide bonds. The van der Waals surface area contributed by atoms with E-state index in [1.54, 1.807) is 24.0 Å². The highest BCUT2D eigenvalue weighted by Gasteiger charge is 2.16. The average molecular weight is 297 g/mol. The molecule has 0 atom stereocenters. The van der Waals surface area contributed by atoms with Crippen molar-refractivity contribution in [2.75, 3.05) is 6.61 Å². The van der Waals surface area contributed by atoms with Crippen LogP contribution in [0.5, 0.6) is 5.75 Å². The van der Waals surface area contributed by atoms with Crippen LogP contribution in [0.25, 0.3) is 22.2 Å². The van der Waals surface area contributed by atoms with Gasteiger partial charge in [-0.3, -0.25) is 9.67 Å². The van der Waals surface area contributed by atoms with Crippen LogP contribution in [0.3, 0.4) is 0 Å². The van der Waals surface area contributed by atoms with Crippen LogP contribution in [0.2, 0.25) is 0 Å². The lowest BCUT2D eigenvalue weighted by Crippen LogP contribution is -1.99. The SMILES string of the molecule is CCOc1ccc(-c2cc(C(=O)O)nn2C)c2cccnc12. The lowest BCUT2D eigenvalue weighted by atomic mass is 10.0. The molecule has 112 valence electrons. The number of aromatic carboxylic acids is 1. The first kappa shape index (κ1) is 14.1. The minimum atomic E-state index is -1.05. The summed E-state index contributed by atoms with van der Waals surface area (Å²) >= 11 is 0. The van der Waals surface area contributed by atoms with Crippen LogP contribution in [0.1, 0.15) is 17.4 Å². The molecule has 0 fully saturated rings. The van der Waals surface area contributed by atoms with Crippen LogP contribution in [-0.2, 0) is 7.05 Å². The standard InChI is InChI=1S/C16H15N3O3/c1-3-22-14-7-6-10(11-5-4-8-17-15(11)14)13-9-12(16(20)21)18-19(13)2/h4-9H,3H2,1-2H3,(H,20,21). The van der Waals surface area contributed by atoms with E-state index >= 15 is 0 Å². The minimum absolute atomic E-state index is 0.0171. The first-order chi connectivity index (χ1) is 10.6. The average Bonchev–Trinajstić information content (AvgIpc) is 2.90. The monoisotopic (exact) mass is 297 g/mol. The Kier molecular flexibility index (Phi) is 3.50. The van der Waals surface area contributed by atoms with E-state index in [1.165, 1.54) is 0 Å². The summed E-state index contributed by atoms with van der Waals surface area (Å²) < 4.78 is 7.17. The lowest BCUT2D eigenvalue weighted by molar-refractivity contribution is 0.0689. The Labute approximate surface area is 127 Å². The number of hydrogen-bond acceptors (Lipinski definition) is 4. The molecule has 1 N–H and O–H groups in total. The van der Waals surface area contributed by atoms with Crippen molar-refractivity contribution in [1.29, 1.82) is 0 Å². The minimum Gasteiger partial charge on any atom is -0.492 e. The molecule has 0 aliphatic carbocycles. The maximum Gasteiger partial charge on any atom is 0.356 e. The molecular formula is C16H15N3O3. The van der Waals surface area contributed by atoms with Crippen molar-refractivity contribution in [2.24, 2.45) is 7.05 Å². The highest BCUT2D eigenvalue weighted by atomic mass is 16.5. The third kappa shape index (κ3) is 2.28. The number of ether oxygens (including phenoxy) is 1. The number of nitrogens with zero attached hydrogens (tertiary/aromatic N) is 3. The van der Waals surface area contributed by atoms with E-state index in [0.29, 0.717) is 12.4 Å². The summed E-state index contributed by atoms with van der Waals surface area (Å²) in [5.41, 5.74) is 2.36. The van der Waals surface area contributed by atoms with Gasteiger partial charge in [-0.1, -0.05) is 6.07 Å². The van der Waals surface area contributed by atoms with E-state index in [9.17, 15) is 4.79 Å². The highest BCUT2D eigenvalue weighted by molar-refractivity contribution is 5.98. The molecule has 0 spiro atoms. The molecular weight excluding hydrogens is 282 g/mol. The zero-order valence-electron chi connectivity index (χ0n) is 12.3. The van der Waals surface area contributed by atoms with E-state index in [2.05, 4.69) is 10.1 Å². The molecule has 0 saturated carbocycles. The summed E-state index contributed by atoms with van der Waals surface area (Å²) in [5.74, 6) is -0.335. The predicted octanol–water partition coefficient (Wildman–Crippen LogP) is 2.73. The molecule has 0 bridgehead atoms. The van der Waals surface area contributed by atoms with Crippen LogP contribution >= 0.6 is 0 Å². The molecule has 2 heterocycles. The van der Waals surface area contributed by atoms with Gasteiger partial charge in [0.1, 0.15) is 11.3 Å². The third-order valence-corrected chi connectivity index (χ3v) is 3.41. The molecule has 0 radical (unpaired) electrons. The van der Waals surface area contributed by atoms with E-state index < -0.39 is 5.97 Å². The number of carbonyl (C=O) groups is 1. The van der Waals surface area contributed by atoms with Crippen LogP contribution in [0.4, 0.5) is 0 Å². The summed E-state index contributed by atoms with van der Waals surface area (Å²) in [7, 11) is 1.72. The normalized spacial score (nSPS) is 10.8. The second kappa shape index (κ2) is 5.48. The van der Waals surface area contributed by atoms with Crippen LogP contribution in [0, 0.1) is 0 Å². The highest BCUT2D eigenvalue weighted by Crippen LogP contribution is 2.33. The molecule has 6 nitrogen and oxygen atoms in total. The fourth-order valence-electron chi connectivity index (χ4n) is 2.47. The van der Waals surface area contributed by atoms with Crippen molar-refractivity contribution in [3.05, 3.63) is 42.2 Å². The van der Waals surface area contributed by atoms with Crippen LogP contribution in [0.15, 0.2) is 36.5 Å². The van der Waals surface area contributed by atoms with Crippen molar-refractivity contribution in [1.82, 2.24) is 14.8 Å². The second-order valence-electron chi connectivity index (χ2n) is 4.79. The maximum absolute atomic E-state index is 11.1. The third-order valence-electron chi connectivity index (χ3n) is 3.41. The van der Waals surface area contributed by atoms with Gasteiger partial charge < -0.3 is 9.84 Å². The van der Waals surface area contributed by atoms with Gasteiger partial charge in [-0.2, -0.15) is 5.10 Å². The number of carboxylic acids is 1. The number of fused-ring (bicyclic) bond motifs is 1. The smallest absolute Gasteiger partial charge is 0.356 e. The Balaban J connectivity index is 2.24. The maximum atomic E-state index is 11.1. The molecule has 3 aromatic rings. The van der Waals surface area contributed by atoms with Gasteiger partial charge in [0.2, 0.25) is 0 Å². The van der Waals surface area contributed by atoms with Gasteiger partial charge in [0.05, 0.1) is 12.3 Å². The summed E-state index contributed by atoms with van der Waals surface area (Å²) in [6, 6.07) is 9.09. The van der Waals surface area contributed by atoms with Crippen LogP contribution in [-0.4, -0.2) is 32.4 Å². The van der Waals surface area contributed by atoms with Crippen molar-refractivity contribution in [3.8, 4) is 17.0 Å². The predicted molar refractivity (Wildman–Crippen MR) is 82.1 cm³/mol. The van der Waals surface area contributed by atoms with Gasteiger partial charge in [0, 0.05) is 24.2 Å². The molecule has 6 heteroatoms. The Morgan fingerprint density at radius 1 is 1.36 bits per heavy atom. The number of hydrogen-bond donors (Lipinski definition) is 1.